The molecule has 23 heavy (non-hydrogen) atoms. The molecule has 4 atom stereocenters. The van der Waals surface area contributed by atoms with Crippen molar-refractivity contribution in [1.82, 2.24) is 15.1 Å². The van der Waals surface area contributed by atoms with Crippen molar-refractivity contribution in [2.45, 2.75) is 58.5 Å². The third kappa shape index (κ3) is 5.16. The fraction of sp³-hybridized carbons (Fsp3) is 0.944. The molecular formula is C18H35N3O2. The molecule has 0 radical (unpaired) electrons. The van der Waals surface area contributed by atoms with Gasteiger partial charge >= 0.3 is 0 Å². The molecule has 0 spiro atoms. The number of nitrogens with zero attached hydrogens (tertiary/aromatic N) is 2. The van der Waals surface area contributed by atoms with Crippen molar-refractivity contribution in [3.8, 4) is 0 Å². The largest absolute Gasteiger partial charge is 0.395 e. The smallest absolute Gasteiger partial charge is 0.234 e. The molecule has 0 bridgehead atoms. The van der Waals surface area contributed by atoms with Crippen LogP contribution in [0.15, 0.2) is 0 Å². The van der Waals surface area contributed by atoms with Crippen LogP contribution in [-0.4, -0.2) is 72.2 Å². The van der Waals surface area contributed by atoms with Crippen LogP contribution in [-0.2, 0) is 4.79 Å². The zero-order chi connectivity index (χ0) is 16.8. The van der Waals surface area contributed by atoms with E-state index in [-0.39, 0.29) is 18.6 Å². The quantitative estimate of drug-likeness (QED) is 0.773. The van der Waals surface area contributed by atoms with E-state index in [1.807, 2.05) is 0 Å². The first-order valence-corrected chi connectivity index (χ1v) is 9.41. The van der Waals surface area contributed by atoms with Crippen molar-refractivity contribution < 1.29 is 9.90 Å². The van der Waals surface area contributed by atoms with E-state index in [1.54, 1.807) is 0 Å². The van der Waals surface area contributed by atoms with Crippen molar-refractivity contribution in [2.75, 3.05) is 39.3 Å². The number of carbonyl (C=O) groups is 1. The molecule has 134 valence electrons. The summed E-state index contributed by atoms with van der Waals surface area (Å²) >= 11 is 0. The molecule has 1 saturated heterocycles. The Balaban J connectivity index is 1.72. The molecule has 1 saturated carbocycles. The molecule has 0 aromatic heterocycles. The zero-order valence-electron chi connectivity index (χ0n) is 15.1. The lowest BCUT2D eigenvalue weighted by Gasteiger charge is -2.39. The van der Waals surface area contributed by atoms with Crippen LogP contribution in [0.2, 0.25) is 0 Å². The van der Waals surface area contributed by atoms with Crippen LogP contribution >= 0.6 is 0 Å². The minimum Gasteiger partial charge on any atom is -0.395 e. The van der Waals surface area contributed by atoms with Crippen LogP contribution in [0.25, 0.3) is 0 Å². The first kappa shape index (κ1) is 18.7. The summed E-state index contributed by atoms with van der Waals surface area (Å²) in [5.41, 5.74) is 0. The highest BCUT2D eigenvalue weighted by atomic mass is 16.3. The van der Waals surface area contributed by atoms with Crippen molar-refractivity contribution in [3.05, 3.63) is 0 Å². The summed E-state index contributed by atoms with van der Waals surface area (Å²) in [7, 11) is 0. The second-order valence-corrected chi connectivity index (χ2v) is 7.50. The molecule has 2 aliphatic rings. The van der Waals surface area contributed by atoms with Gasteiger partial charge in [-0.05, 0) is 24.7 Å². The maximum Gasteiger partial charge on any atom is 0.234 e. The van der Waals surface area contributed by atoms with Gasteiger partial charge in [0, 0.05) is 38.3 Å². The first-order valence-electron chi connectivity index (χ1n) is 9.41. The van der Waals surface area contributed by atoms with E-state index < -0.39 is 0 Å². The Morgan fingerprint density at radius 1 is 1.22 bits per heavy atom. The van der Waals surface area contributed by atoms with Gasteiger partial charge in [-0.15, -0.1) is 0 Å². The maximum atomic E-state index is 12.4. The molecule has 1 aliphatic carbocycles. The molecule has 2 fully saturated rings. The zero-order valence-corrected chi connectivity index (χ0v) is 15.1. The number of carbonyl (C=O) groups excluding carboxylic acids is 1. The third-order valence-electron chi connectivity index (χ3n) is 6.03. The van der Waals surface area contributed by atoms with Gasteiger partial charge in [0.1, 0.15) is 0 Å². The summed E-state index contributed by atoms with van der Waals surface area (Å²) in [4.78, 5) is 16.9. The van der Waals surface area contributed by atoms with Crippen molar-refractivity contribution in [2.24, 2.45) is 11.8 Å². The van der Waals surface area contributed by atoms with E-state index in [2.05, 4.69) is 35.9 Å². The van der Waals surface area contributed by atoms with Gasteiger partial charge in [0.15, 0.2) is 0 Å². The molecule has 2 N–H and O–H groups in total. The Morgan fingerprint density at radius 2 is 1.91 bits per heavy atom. The lowest BCUT2D eigenvalue weighted by atomic mass is 9.78. The Kier molecular flexibility index (Phi) is 7.31. The fourth-order valence-electron chi connectivity index (χ4n) is 4.03. The number of hydrogen-bond donors (Lipinski definition) is 2. The van der Waals surface area contributed by atoms with Crippen molar-refractivity contribution >= 4 is 5.91 Å². The first-order chi connectivity index (χ1) is 11.0. The van der Waals surface area contributed by atoms with Crippen LogP contribution in [0, 0.1) is 11.8 Å². The van der Waals surface area contributed by atoms with Gasteiger partial charge in [-0.2, -0.15) is 0 Å². The molecule has 1 heterocycles. The number of aliphatic hydroxyl groups excluding tert-OH is 1. The monoisotopic (exact) mass is 325 g/mol. The van der Waals surface area contributed by atoms with Gasteiger partial charge in [-0.25, -0.2) is 0 Å². The van der Waals surface area contributed by atoms with Crippen LogP contribution < -0.4 is 5.32 Å². The molecular weight excluding hydrogens is 290 g/mol. The number of nitrogens with one attached hydrogen (secondary N) is 1. The predicted octanol–water partition coefficient (Wildman–Crippen LogP) is 1.32. The summed E-state index contributed by atoms with van der Waals surface area (Å²) in [5, 5.41) is 12.7. The van der Waals surface area contributed by atoms with E-state index >= 15 is 0 Å². The highest BCUT2D eigenvalue weighted by molar-refractivity contribution is 5.78. The van der Waals surface area contributed by atoms with Gasteiger partial charge in [0.05, 0.1) is 13.2 Å². The normalized spacial score (nSPS) is 31.7. The molecule has 4 unspecified atom stereocenters. The summed E-state index contributed by atoms with van der Waals surface area (Å²) < 4.78 is 0. The Labute approximate surface area is 141 Å². The molecule has 1 aliphatic heterocycles. The molecule has 0 aromatic carbocycles. The molecule has 5 heteroatoms. The minimum absolute atomic E-state index is 0.179. The Bertz CT molecular complexity index is 365. The average Bonchev–Trinajstić information content (AvgIpc) is 2.54. The van der Waals surface area contributed by atoms with E-state index in [4.69, 9.17) is 0 Å². The van der Waals surface area contributed by atoms with Gasteiger partial charge in [0.2, 0.25) is 5.91 Å². The fourth-order valence-corrected chi connectivity index (χ4v) is 4.03. The van der Waals surface area contributed by atoms with E-state index in [9.17, 15) is 9.90 Å². The van der Waals surface area contributed by atoms with Gasteiger partial charge in [-0.1, -0.05) is 33.6 Å². The van der Waals surface area contributed by atoms with E-state index in [1.165, 1.54) is 12.8 Å². The number of hydrogen-bond acceptors (Lipinski definition) is 4. The van der Waals surface area contributed by atoms with Crippen molar-refractivity contribution in [3.63, 3.8) is 0 Å². The highest BCUT2D eigenvalue weighted by Gasteiger charge is 2.29. The van der Waals surface area contributed by atoms with Crippen LogP contribution in [0.4, 0.5) is 0 Å². The van der Waals surface area contributed by atoms with E-state index in [0.717, 1.165) is 39.0 Å². The minimum atomic E-state index is 0.179. The lowest BCUT2D eigenvalue weighted by Crippen LogP contribution is -2.54. The lowest BCUT2D eigenvalue weighted by molar-refractivity contribution is -0.124. The van der Waals surface area contributed by atoms with Gasteiger partial charge in [0.25, 0.3) is 0 Å². The second-order valence-electron chi connectivity index (χ2n) is 7.50. The average molecular weight is 325 g/mol. The highest BCUT2D eigenvalue weighted by Crippen LogP contribution is 2.29. The molecule has 2 rings (SSSR count). The van der Waals surface area contributed by atoms with Gasteiger partial charge in [-0.3, -0.25) is 14.6 Å². The molecule has 0 aromatic rings. The maximum absolute atomic E-state index is 12.4. The Morgan fingerprint density at radius 3 is 2.52 bits per heavy atom. The van der Waals surface area contributed by atoms with Crippen molar-refractivity contribution in [1.29, 1.82) is 0 Å². The SMILES string of the molecule is CCC(CO)N1CCN(CC(=O)NC2CCCC(C)C2C)CC1. The summed E-state index contributed by atoms with van der Waals surface area (Å²) in [6.45, 7) is 11.2. The van der Waals surface area contributed by atoms with Crippen LogP contribution in [0.1, 0.15) is 46.5 Å². The van der Waals surface area contributed by atoms with E-state index in [0.29, 0.717) is 24.4 Å². The standard InChI is InChI=1S/C18H35N3O2/c1-4-16(13-22)21-10-8-20(9-11-21)12-18(23)19-17-7-5-6-14(2)15(17)3/h14-17,22H,4-13H2,1-3H3,(H,19,23). The molecule has 5 nitrogen and oxygen atoms in total. The summed E-state index contributed by atoms with van der Waals surface area (Å²) in [6.07, 6.45) is 4.63. The van der Waals surface area contributed by atoms with Gasteiger partial charge < -0.3 is 10.4 Å². The number of rotatable bonds is 6. The Hall–Kier alpha value is -0.650. The number of aliphatic hydroxyl groups is 1. The number of amides is 1. The third-order valence-corrected chi connectivity index (χ3v) is 6.03. The summed E-state index contributed by atoms with van der Waals surface area (Å²) in [6, 6.07) is 0.627. The predicted molar refractivity (Wildman–Crippen MR) is 93.3 cm³/mol. The molecule has 1 amide bonds. The topological polar surface area (TPSA) is 55.8 Å². The number of piperazine rings is 1. The second kappa shape index (κ2) is 9.00. The van der Waals surface area contributed by atoms with Crippen LogP contribution in [0.5, 0.6) is 0 Å². The van der Waals surface area contributed by atoms with Crippen LogP contribution in [0.3, 0.4) is 0 Å². The summed E-state index contributed by atoms with van der Waals surface area (Å²) in [5.74, 6) is 1.47.